The molecule has 3 heterocycles. The van der Waals surface area contributed by atoms with Gasteiger partial charge in [-0.05, 0) is 107 Å². The van der Waals surface area contributed by atoms with Gasteiger partial charge in [-0.25, -0.2) is 4.79 Å². The highest BCUT2D eigenvalue weighted by Crippen LogP contribution is 2.38. The first-order chi connectivity index (χ1) is 34.2. The topological polar surface area (TPSA) is 211 Å². The van der Waals surface area contributed by atoms with E-state index in [1.807, 2.05) is 80.7 Å². The fourth-order valence-corrected chi connectivity index (χ4v) is 10.9. The quantitative estimate of drug-likeness (QED) is 0.0524. The Balaban J connectivity index is 1.67. The summed E-state index contributed by atoms with van der Waals surface area (Å²) in [5.41, 5.74) is 1.25. The molecule has 0 spiro atoms. The summed E-state index contributed by atoms with van der Waals surface area (Å²) in [5, 5.41) is 23.5. The van der Waals surface area contributed by atoms with E-state index in [4.69, 9.17) is 33.2 Å². The highest BCUT2D eigenvalue weighted by molar-refractivity contribution is 14.1. The van der Waals surface area contributed by atoms with Crippen LogP contribution in [0.3, 0.4) is 0 Å². The average Bonchev–Trinajstić information content (AvgIpc) is 3.36. The van der Waals surface area contributed by atoms with Crippen molar-refractivity contribution in [2.75, 3.05) is 45.5 Å². The Labute approximate surface area is 441 Å². The average molecular weight is 1130 g/mol. The van der Waals surface area contributed by atoms with Crippen molar-refractivity contribution in [2.45, 2.75) is 180 Å². The van der Waals surface area contributed by atoms with E-state index in [0.29, 0.717) is 63.4 Å². The van der Waals surface area contributed by atoms with E-state index >= 15 is 0 Å². The van der Waals surface area contributed by atoms with Crippen molar-refractivity contribution in [1.82, 2.24) is 4.90 Å². The number of aliphatic hydroxyl groups is 2. The number of ketones is 3. The zero-order valence-corrected chi connectivity index (χ0v) is 46.5. The molecule has 0 aromatic rings. The zero-order valence-electron chi connectivity index (χ0n) is 44.4. The molecule has 16 nitrogen and oxygen atoms in total. The molecule has 0 aromatic carbocycles. The van der Waals surface area contributed by atoms with Crippen molar-refractivity contribution in [3.05, 3.63) is 47.6 Å². The number of aliphatic hydroxyl groups excluding tert-OH is 1. The molecule has 1 saturated carbocycles. The molecule has 17 heteroatoms. The molecule has 72 heavy (non-hydrogen) atoms. The van der Waals surface area contributed by atoms with Crippen molar-refractivity contribution < 1.29 is 72.1 Å². The van der Waals surface area contributed by atoms with Crippen LogP contribution in [-0.2, 0) is 61.9 Å². The Morgan fingerprint density at radius 2 is 1.61 bits per heavy atom. The molecule has 406 valence electrons. The minimum Gasteiger partial charge on any atom is -0.463 e. The summed E-state index contributed by atoms with van der Waals surface area (Å²) in [5.74, 6) is -8.41. The van der Waals surface area contributed by atoms with E-state index in [1.54, 1.807) is 41.1 Å². The van der Waals surface area contributed by atoms with E-state index in [2.05, 4.69) is 0 Å². The van der Waals surface area contributed by atoms with Crippen LogP contribution in [0.5, 0.6) is 0 Å². The Morgan fingerprint density at radius 1 is 0.875 bits per heavy atom. The van der Waals surface area contributed by atoms with Crippen LogP contribution in [-0.4, -0.2) is 150 Å². The number of allylic oxidation sites excluding steroid dienone is 6. The third-order valence-electron chi connectivity index (χ3n) is 15.2. The molecule has 1 aliphatic carbocycles. The van der Waals surface area contributed by atoms with Gasteiger partial charge < -0.3 is 48.3 Å². The summed E-state index contributed by atoms with van der Waals surface area (Å²) in [6.45, 7) is 13.1. The fraction of sp³-hybridized carbons (Fsp3) is 0.745. The second-order valence-electron chi connectivity index (χ2n) is 20.8. The summed E-state index contributed by atoms with van der Waals surface area (Å²) in [6.07, 6.45) is 11.7. The third-order valence-corrected chi connectivity index (χ3v) is 15.9. The summed E-state index contributed by atoms with van der Waals surface area (Å²) in [7, 11) is 4.58. The smallest absolute Gasteiger partial charge is 0.329 e. The Hall–Kier alpha value is -3.17. The van der Waals surface area contributed by atoms with E-state index < -0.39 is 77.8 Å². The molecule has 0 aromatic heterocycles. The molecule has 1 unspecified atom stereocenters. The van der Waals surface area contributed by atoms with Gasteiger partial charge in [-0.2, -0.15) is 0 Å². The first-order valence-electron chi connectivity index (χ1n) is 26.0. The lowest BCUT2D eigenvalue weighted by molar-refractivity contribution is -0.265. The molecule has 0 radical (unpaired) electrons. The number of ether oxygens (including phenoxy) is 7. The predicted molar refractivity (Wildman–Crippen MR) is 279 cm³/mol. The first-order valence-corrected chi connectivity index (χ1v) is 27.5. The van der Waals surface area contributed by atoms with E-state index in [-0.39, 0.29) is 84.5 Å². The molecular weight excluding hydrogens is 1040 g/mol. The molecule has 4 rings (SSSR count). The minimum absolute atomic E-state index is 0.00895. The fourth-order valence-electron chi connectivity index (χ4n) is 10.7. The Bertz CT molecular complexity index is 1950. The second kappa shape index (κ2) is 29.8. The number of piperidine rings is 1. The van der Waals surface area contributed by atoms with Gasteiger partial charge in [0.15, 0.2) is 5.78 Å². The van der Waals surface area contributed by atoms with Gasteiger partial charge in [0.1, 0.15) is 36.7 Å². The SMILES string of the molecule is CO[C@H]1C[C@@H]2CC[C@@H](C)[C@@](O)(O2)C(=O)C(=O)N2CCCC[C@H]2C(=O)OC([C@H](C)C[C@@H]2CC[C@@H](OCCOC(=O)CI)[C@H](OC)C2)CC(=O)[C@H](C)/C=C(\C)[C@@H](O)[C@@H](OC)C(=O)[C@H](C)C[C@@H](C)\C=C/C=C/C=C/1C. The number of cyclic esters (lactones) is 1. The molecule has 3 fully saturated rings. The number of carbonyl (C=O) groups excluding carboxylic acids is 6. The Morgan fingerprint density at radius 3 is 2.29 bits per heavy atom. The second-order valence-corrected chi connectivity index (χ2v) is 21.5. The van der Waals surface area contributed by atoms with Gasteiger partial charge in [0.05, 0.1) is 35.5 Å². The van der Waals surface area contributed by atoms with Crippen molar-refractivity contribution in [3.8, 4) is 0 Å². The highest BCUT2D eigenvalue weighted by atomic mass is 127. The molecular formula is C55H84INO15. The maximum Gasteiger partial charge on any atom is 0.329 e. The number of hydrogen-bond acceptors (Lipinski definition) is 15. The largest absolute Gasteiger partial charge is 0.463 e. The number of halogens is 1. The lowest BCUT2D eigenvalue weighted by Crippen LogP contribution is -2.61. The highest BCUT2D eigenvalue weighted by Gasteiger charge is 2.53. The lowest BCUT2D eigenvalue weighted by Gasteiger charge is -2.42. The molecule has 3 aliphatic heterocycles. The van der Waals surface area contributed by atoms with Gasteiger partial charge >= 0.3 is 11.9 Å². The molecule has 15 atom stereocenters. The maximum absolute atomic E-state index is 14.5. The van der Waals surface area contributed by atoms with Crippen LogP contribution in [0.25, 0.3) is 0 Å². The minimum atomic E-state index is -2.44. The summed E-state index contributed by atoms with van der Waals surface area (Å²) < 4.78 is 41.3. The van der Waals surface area contributed by atoms with Crippen LogP contribution in [0.4, 0.5) is 0 Å². The van der Waals surface area contributed by atoms with E-state index in [1.165, 1.54) is 12.0 Å². The number of fused-ring (bicyclic) bond motifs is 3. The first kappa shape index (κ1) is 61.4. The van der Waals surface area contributed by atoms with E-state index in [0.717, 1.165) is 12.0 Å². The van der Waals surface area contributed by atoms with E-state index in [9.17, 15) is 39.0 Å². The number of esters is 2. The number of rotatable bonds is 11. The van der Waals surface area contributed by atoms with Crippen molar-refractivity contribution >= 4 is 57.8 Å². The van der Waals surface area contributed by atoms with Crippen molar-refractivity contribution in [3.63, 3.8) is 0 Å². The van der Waals surface area contributed by atoms with Crippen LogP contribution < -0.4 is 0 Å². The van der Waals surface area contributed by atoms with Crippen LogP contribution in [0.1, 0.15) is 126 Å². The molecule has 1 amide bonds. The zero-order chi connectivity index (χ0) is 53.3. The van der Waals surface area contributed by atoms with Gasteiger partial charge in [-0.15, -0.1) is 0 Å². The summed E-state index contributed by atoms with van der Waals surface area (Å²) in [6, 6.07) is -1.16. The number of methoxy groups -OCH3 is 3. The lowest BCUT2D eigenvalue weighted by atomic mass is 9.78. The van der Waals surface area contributed by atoms with Gasteiger partial charge in [-0.3, -0.25) is 24.0 Å². The normalized spacial score (nSPS) is 37.5. The van der Waals surface area contributed by atoms with Crippen molar-refractivity contribution in [1.29, 1.82) is 0 Å². The molecule has 4 aliphatic rings. The third kappa shape index (κ3) is 17.2. The number of amides is 1. The van der Waals surface area contributed by atoms with Crippen LogP contribution >= 0.6 is 22.6 Å². The van der Waals surface area contributed by atoms with Crippen LogP contribution in [0.2, 0.25) is 0 Å². The number of nitrogens with zero attached hydrogens (tertiary/aromatic N) is 1. The molecule has 2 bridgehead atoms. The van der Waals surface area contributed by atoms with Crippen LogP contribution in [0.15, 0.2) is 47.6 Å². The predicted octanol–water partition coefficient (Wildman–Crippen LogP) is 7.18. The van der Waals surface area contributed by atoms with Gasteiger partial charge in [-0.1, -0.05) is 93.7 Å². The molecule has 2 N–H and O–H groups in total. The molecule has 2 saturated heterocycles. The van der Waals surface area contributed by atoms with Crippen LogP contribution in [0, 0.1) is 35.5 Å². The Kier molecular flexibility index (Phi) is 25.4. The number of carbonyl (C=O) groups is 6. The summed E-state index contributed by atoms with van der Waals surface area (Å²) >= 11 is 1.94. The van der Waals surface area contributed by atoms with Gasteiger partial charge in [0.25, 0.3) is 11.7 Å². The maximum atomic E-state index is 14.5. The number of alkyl halides is 1. The van der Waals surface area contributed by atoms with Crippen molar-refractivity contribution in [2.24, 2.45) is 35.5 Å². The number of hydrogen-bond donors (Lipinski definition) is 2. The monoisotopic (exact) mass is 1130 g/mol. The summed E-state index contributed by atoms with van der Waals surface area (Å²) in [4.78, 5) is 84.0. The number of Topliss-reactive ketones (excluding diaryl/α,β-unsaturated/α-hetero) is 3. The van der Waals surface area contributed by atoms with Gasteiger partial charge in [0, 0.05) is 58.5 Å². The standard InChI is InChI=1S/C55H84INO15/c1-33-16-12-11-13-17-34(2)45(66-8)30-41-21-19-39(7)55(65,72-41)52(62)53(63)57-23-15-14-18-42(57)54(64)71-46(31-43(58)35(3)27-38(6)50(61)51(68-10)49(60)37(5)26-33)36(4)28-40-20-22-44(47(29-40)67-9)69-24-25-70-48(59)32-56/h11-13,16-17,27,33,35-37,39-42,44-47,50-51,61,65H,14-15,18-26,28-32H2,1-10H3/b13-11+,16-12-,34-17+,38-27+/t33-,35+,36+,37+,39+,40-,41-,42-,44+,45-,46?,47+,50+,51-,55+/m0/s1. The van der Waals surface area contributed by atoms with Gasteiger partial charge in [0.2, 0.25) is 5.79 Å².